The Kier molecular flexibility index (Phi) is 7.09. The van der Waals surface area contributed by atoms with Crippen LogP contribution in [0.1, 0.15) is 35.4 Å². The van der Waals surface area contributed by atoms with E-state index in [9.17, 15) is 22.8 Å². The Hall–Kier alpha value is -2.88. The Labute approximate surface area is 175 Å². The quantitative estimate of drug-likeness (QED) is 0.655. The van der Waals surface area contributed by atoms with Crippen molar-refractivity contribution in [2.45, 2.75) is 25.3 Å². The molecule has 0 saturated heterocycles. The van der Waals surface area contributed by atoms with Crippen LogP contribution in [0.3, 0.4) is 0 Å². The van der Waals surface area contributed by atoms with Crippen LogP contribution in [0.4, 0.5) is 13.2 Å². The van der Waals surface area contributed by atoms with Crippen LogP contribution >= 0.6 is 11.6 Å². The molecule has 1 heterocycles. The van der Waals surface area contributed by atoms with Gasteiger partial charge in [0.05, 0.1) is 17.4 Å². The van der Waals surface area contributed by atoms with Gasteiger partial charge in [0.1, 0.15) is 23.0 Å². The average molecular weight is 443 g/mol. The molecular formula is C19H18ClF3N4O3. The molecule has 0 bridgehead atoms. The molecule has 3 rings (SSSR count). The molecule has 1 aliphatic rings. The van der Waals surface area contributed by atoms with Gasteiger partial charge in [-0.3, -0.25) is 14.6 Å². The fourth-order valence-corrected chi connectivity index (χ4v) is 3.02. The number of halogens is 4. The normalized spacial score (nSPS) is 17.9. The Morgan fingerprint density at radius 3 is 2.63 bits per heavy atom. The highest BCUT2D eigenvalue weighted by Crippen LogP contribution is 2.27. The molecule has 160 valence electrons. The van der Waals surface area contributed by atoms with Crippen molar-refractivity contribution in [3.05, 3.63) is 52.8 Å². The van der Waals surface area contributed by atoms with Gasteiger partial charge >= 0.3 is 0 Å². The third kappa shape index (κ3) is 5.82. The zero-order valence-corrected chi connectivity index (χ0v) is 16.3. The van der Waals surface area contributed by atoms with E-state index in [1.165, 1.54) is 12.1 Å². The van der Waals surface area contributed by atoms with Gasteiger partial charge in [0.25, 0.3) is 18.2 Å². The summed E-state index contributed by atoms with van der Waals surface area (Å²) in [5.41, 5.74) is -0.534. The largest absolute Gasteiger partial charge is 0.484 e. The Balaban J connectivity index is 1.33. The fraction of sp³-hybridized carbons (Fsp3) is 0.368. The predicted octanol–water partition coefficient (Wildman–Crippen LogP) is 2.91. The number of ether oxygens (including phenoxy) is 1. The number of rotatable bonds is 8. The minimum absolute atomic E-state index is 0.0309. The van der Waals surface area contributed by atoms with Crippen molar-refractivity contribution in [2.75, 3.05) is 13.2 Å². The first-order valence-electron chi connectivity index (χ1n) is 9.07. The lowest BCUT2D eigenvalue weighted by Crippen LogP contribution is -2.48. The number of benzene rings is 1. The molecule has 30 heavy (non-hydrogen) atoms. The number of nitrogens with zero attached hydrogens (tertiary/aromatic N) is 2. The predicted molar refractivity (Wildman–Crippen MR) is 101 cm³/mol. The maximum absolute atomic E-state index is 13.3. The van der Waals surface area contributed by atoms with Crippen LogP contribution in [-0.4, -0.2) is 41.0 Å². The second-order valence-corrected chi connectivity index (χ2v) is 7.21. The molecule has 0 atom stereocenters. The number of hydrogen-bond donors (Lipinski definition) is 2. The highest BCUT2D eigenvalue weighted by atomic mass is 35.5. The highest BCUT2D eigenvalue weighted by molar-refractivity contribution is 6.30. The van der Waals surface area contributed by atoms with E-state index in [1.54, 1.807) is 0 Å². The molecule has 0 aliphatic heterocycles. The molecule has 7 nitrogen and oxygen atoms in total. The molecule has 1 aromatic heterocycles. The zero-order valence-electron chi connectivity index (χ0n) is 15.6. The summed E-state index contributed by atoms with van der Waals surface area (Å²) >= 11 is 5.58. The number of carbonyl (C=O) groups is 2. The van der Waals surface area contributed by atoms with E-state index in [0.29, 0.717) is 19.4 Å². The van der Waals surface area contributed by atoms with E-state index in [-0.39, 0.29) is 40.9 Å². The monoisotopic (exact) mass is 442 g/mol. The first kappa shape index (κ1) is 21.8. The summed E-state index contributed by atoms with van der Waals surface area (Å²) in [7, 11) is 0. The van der Waals surface area contributed by atoms with Gasteiger partial charge < -0.3 is 15.4 Å². The van der Waals surface area contributed by atoms with Crippen LogP contribution in [0.5, 0.6) is 5.75 Å². The van der Waals surface area contributed by atoms with Crippen molar-refractivity contribution in [3.8, 4) is 5.75 Å². The van der Waals surface area contributed by atoms with Crippen molar-refractivity contribution in [1.29, 1.82) is 0 Å². The van der Waals surface area contributed by atoms with Crippen molar-refractivity contribution in [3.63, 3.8) is 0 Å². The van der Waals surface area contributed by atoms with Crippen LogP contribution in [0.15, 0.2) is 30.6 Å². The highest BCUT2D eigenvalue weighted by Gasteiger charge is 2.30. The number of hydrogen-bond acceptors (Lipinski definition) is 5. The van der Waals surface area contributed by atoms with Crippen LogP contribution in [-0.2, 0) is 4.79 Å². The summed E-state index contributed by atoms with van der Waals surface area (Å²) in [6, 6.07) is 3.86. The average Bonchev–Trinajstić information content (AvgIpc) is 2.70. The summed E-state index contributed by atoms with van der Waals surface area (Å²) in [5.74, 6) is -1.11. The Morgan fingerprint density at radius 2 is 2.00 bits per heavy atom. The van der Waals surface area contributed by atoms with E-state index in [2.05, 4.69) is 20.6 Å². The van der Waals surface area contributed by atoms with Gasteiger partial charge in [-0.05, 0) is 30.9 Å². The maximum Gasteiger partial charge on any atom is 0.281 e. The molecular weight excluding hydrogens is 425 g/mol. The molecule has 2 N–H and O–H groups in total. The number of nitrogens with one attached hydrogen (secondary N) is 2. The summed E-state index contributed by atoms with van der Waals surface area (Å²) in [6.07, 6.45) is 0.464. The summed E-state index contributed by atoms with van der Waals surface area (Å²) in [6.45, 7) is 0.107. The number of aromatic nitrogens is 2. The molecule has 0 radical (unpaired) electrons. The third-order valence-electron chi connectivity index (χ3n) is 4.54. The van der Waals surface area contributed by atoms with E-state index in [1.807, 2.05) is 0 Å². The van der Waals surface area contributed by atoms with Crippen molar-refractivity contribution in [1.82, 2.24) is 20.6 Å². The molecule has 2 aromatic rings. The first-order chi connectivity index (χ1) is 14.3. The molecule has 1 fully saturated rings. The SMILES string of the molecule is O=C(COc1ccc(Cl)c(F)c1)NC1CC(CNC(=O)c2cnc(C(F)F)cn2)C1. The number of amides is 2. The number of alkyl halides is 2. The molecule has 1 aromatic carbocycles. The van der Waals surface area contributed by atoms with E-state index in [4.69, 9.17) is 16.3 Å². The smallest absolute Gasteiger partial charge is 0.281 e. The lowest BCUT2D eigenvalue weighted by Gasteiger charge is -2.35. The van der Waals surface area contributed by atoms with Crippen LogP contribution < -0.4 is 15.4 Å². The molecule has 11 heteroatoms. The molecule has 0 unspecified atom stereocenters. The van der Waals surface area contributed by atoms with Gasteiger partial charge in [0, 0.05) is 18.7 Å². The minimum Gasteiger partial charge on any atom is -0.484 e. The second-order valence-electron chi connectivity index (χ2n) is 6.80. The Bertz CT molecular complexity index is 908. The van der Waals surface area contributed by atoms with Gasteiger partial charge in [-0.25, -0.2) is 18.2 Å². The number of carbonyl (C=O) groups excluding carboxylic acids is 2. The fourth-order valence-electron chi connectivity index (χ4n) is 2.90. The van der Waals surface area contributed by atoms with E-state index < -0.39 is 23.8 Å². The second kappa shape index (κ2) is 9.75. The minimum atomic E-state index is -2.74. The van der Waals surface area contributed by atoms with E-state index >= 15 is 0 Å². The third-order valence-corrected chi connectivity index (χ3v) is 4.85. The molecule has 0 spiro atoms. The van der Waals surface area contributed by atoms with Crippen molar-refractivity contribution >= 4 is 23.4 Å². The first-order valence-corrected chi connectivity index (χ1v) is 9.45. The lowest BCUT2D eigenvalue weighted by atomic mass is 9.80. The summed E-state index contributed by atoms with van der Waals surface area (Å²) < 4.78 is 43.4. The summed E-state index contributed by atoms with van der Waals surface area (Å²) in [4.78, 5) is 31.1. The van der Waals surface area contributed by atoms with Crippen molar-refractivity contribution in [2.24, 2.45) is 5.92 Å². The van der Waals surface area contributed by atoms with Gasteiger partial charge in [-0.1, -0.05) is 11.6 Å². The van der Waals surface area contributed by atoms with Crippen LogP contribution in [0.25, 0.3) is 0 Å². The van der Waals surface area contributed by atoms with Gasteiger partial charge in [-0.15, -0.1) is 0 Å². The topological polar surface area (TPSA) is 93.2 Å². The molecule has 2 amide bonds. The molecule has 1 aliphatic carbocycles. The van der Waals surface area contributed by atoms with Crippen molar-refractivity contribution < 1.29 is 27.5 Å². The van der Waals surface area contributed by atoms with Crippen LogP contribution in [0, 0.1) is 11.7 Å². The lowest BCUT2D eigenvalue weighted by molar-refractivity contribution is -0.124. The molecule has 1 saturated carbocycles. The van der Waals surface area contributed by atoms with Crippen LogP contribution in [0.2, 0.25) is 5.02 Å². The van der Waals surface area contributed by atoms with Gasteiger partial charge in [0.2, 0.25) is 0 Å². The Morgan fingerprint density at radius 1 is 1.23 bits per heavy atom. The maximum atomic E-state index is 13.3. The standard InChI is InChI=1S/C19H18ClF3N4O3/c20-13-2-1-12(5-14(13)21)30-9-17(28)27-11-3-10(4-11)6-26-19(29)16-8-24-15(7-25-16)18(22)23/h1-2,5,7-8,10-11,18H,3-4,6,9H2,(H,26,29)(H,27,28). The summed E-state index contributed by atoms with van der Waals surface area (Å²) in [5, 5.41) is 5.43. The van der Waals surface area contributed by atoms with E-state index in [0.717, 1.165) is 18.5 Å². The zero-order chi connectivity index (χ0) is 21.7. The van der Waals surface area contributed by atoms with Gasteiger partial charge in [-0.2, -0.15) is 0 Å². The van der Waals surface area contributed by atoms with Gasteiger partial charge in [0.15, 0.2) is 6.61 Å².